The van der Waals surface area contributed by atoms with Crippen molar-refractivity contribution in [3.63, 3.8) is 0 Å². The number of aromatic nitrogens is 2. The number of rotatable bonds is 8. The summed E-state index contributed by atoms with van der Waals surface area (Å²) in [5, 5.41) is 21.6. The van der Waals surface area contributed by atoms with E-state index in [-0.39, 0.29) is 6.04 Å². The lowest BCUT2D eigenvalue weighted by Gasteiger charge is -2.24. The number of ether oxygens (including phenoxy) is 1. The van der Waals surface area contributed by atoms with Crippen LogP contribution in [0.1, 0.15) is 18.5 Å². The predicted octanol–water partition coefficient (Wildman–Crippen LogP) is 8.39. The van der Waals surface area contributed by atoms with Gasteiger partial charge in [0.15, 0.2) is 5.82 Å². The average molecular weight is 590 g/mol. The molecule has 214 valence electrons. The molecule has 1 aromatic heterocycles. The number of fused-ring (bicyclic) bond motifs is 2. The van der Waals surface area contributed by atoms with Gasteiger partial charge in [-0.2, -0.15) is 0 Å². The van der Waals surface area contributed by atoms with Crippen LogP contribution in [0.25, 0.3) is 32.8 Å². The van der Waals surface area contributed by atoms with Crippen LogP contribution < -0.4 is 26.0 Å². The SMILES string of the molecule is COc1ccc2ccc(P(c3ccccc3)c3ccccc3)c(-c3nnc(N[C@H](C)c4ccccc4)c4ccccc34)c2c1. The summed E-state index contributed by atoms with van der Waals surface area (Å²) in [7, 11) is 0.808. The Hall–Kier alpha value is -5.05. The molecule has 7 aromatic rings. The molecular weight excluding hydrogens is 557 g/mol. The van der Waals surface area contributed by atoms with Crippen molar-refractivity contribution in [2.24, 2.45) is 0 Å². The van der Waals surface area contributed by atoms with Crippen LogP contribution in [0.5, 0.6) is 5.75 Å². The van der Waals surface area contributed by atoms with Crippen molar-refractivity contribution in [1.29, 1.82) is 0 Å². The van der Waals surface area contributed by atoms with E-state index in [0.717, 1.165) is 44.4 Å². The summed E-state index contributed by atoms with van der Waals surface area (Å²) in [5.74, 6) is 1.58. The van der Waals surface area contributed by atoms with Crippen LogP contribution in [0, 0.1) is 0 Å². The van der Waals surface area contributed by atoms with E-state index in [1.165, 1.54) is 21.5 Å². The van der Waals surface area contributed by atoms with Crippen LogP contribution in [0.2, 0.25) is 0 Å². The molecule has 4 nitrogen and oxygen atoms in total. The van der Waals surface area contributed by atoms with E-state index in [1.54, 1.807) is 7.11 Å². The third kappa shape index (κ3) is 5.30. The van der Waals surface area contributed by atoms with Crippen molar-refractivity contribution in [3.8, 4) is 17.0 Å². The minimum absolute atomic E-state index is 0.0705. The maximum atomic E-state index is 5.73. The number of methoxy groups -OCH3 is 1. The van der Waals surface area contributed by atoms with Gasteiger partial charge in [-0.1, -0.05) is 133 Å². The molecule has 0 spiro atoms. The maximum absolute atomic E-state index is 5.73. The molecule has 1 heterocycles. The number of hydrogen-bond donors (Lipinski definition) is 1. The molecule has 0 amide bonds. The molecule has 6 aromatic carbocycles. The molecule has 7 rings (SSSR count). The number of benzene rings is 6. The van der Waals surface area contributed by atoms with E-state index in [1.807, 2.05) is 12.1 Å². The molecule has 0 aliphatic carbocycles. The molecule has 0 saturated heterocycles. The first-order valence-electron chi connectivity index (χ1n) is 14.8. The van der Waals surface area contributed by atoms with Gasteiger partial charge in [-0.15, -0.1) is 10.2 Å². The van der Waals surface area contributed by atoms with E-state index in [0.29, 0.717) is 0 Å². The molecule has 0 radical (unpaired) electrons. The maximum Gasteiger partial charge on any atom is 0.157 e. The molecule has 0 fully saturated rings. The summed E-state index contributed by atoms with van der Waals surface area (Å²) in [6.07, 6.45) is 0. The van der Waals surface area contributed by atoms with Crippen LogP contribution in [-0.2, 0) is 0 Å². The Balaban J connectivity index is 1.49. The quantitative estimate of drug-likeness (QED) is 0.181. The van der Waals surface area contributed by atoms with Crippen molar-refractivity contribution in [2.45, 2.75) is 13.0 Å². The van der Waals surface area contributed by atoms with E-state index in [4.69, 9.17) is 14.9 Å². The number of hydrogen-bond acceptors (Lipinski definition) is 4. The first-order chi connectivity index (χ1) is 21.7. The Bertz CT molecular complexity index is 2010. The fourth-order valence-electron chi connectivity index (χ4n) is 5.86. The molecular formula is C39H32N3OP. The summed E-state index contributed by atoms with van der Waals surface area (Å²) in [5.41, 5.74) is 3.15. The van der Waals surface area contributed by atoms with Crippen molar-refractivity contribution in [1.82, 2.24) is 10.2 Å². The molecule has 5 heteroatoms. The summed E-state index contributed by atoms with van der Waals surface area (Å²) >= 11 is 0. The third-order valence-electron chi connectivity index (χ3n) is 8.05. The Morgan fingerprint density at radius 2 is 1.20 bits per heavy atom. The van der Waals surface area contributed by atoms with Gasteiger partial charge in [0.05, 0.1) is 13.2 Å². The highest BCUT2D eigenvalue weighted by molar-refractivity contribution is 7.80. The normalized spacial score (nSPS) is 12.0. The van der Waals surface area contributed by atoms with Gasteiger partial charge in [0.2, 0.25) is 0 Å². The fourth-order valence-corrected chi connectivity index (χ4v) is 8.32. The van der Waals surface area contributed by atoms with Crippen molar-refractivity contribution < 1.29 is 4.74 Å². The Morgan fingerprint density at radius 1 is 0.614 bits per heavy atom. The van der Waals surface area contributed by atoms with Gasteiger partial charge in [-0.05, 0) is 59.2 Å². The van der Waals surface area contributed by atoms with E-state index >= 15 is 0 Å². The van der Waals surface area contributed by atoms with Crippen LogP contribution in [0.3, 0.4) is 0 Å². The topological polar surface area (TPSA) is 47.0 Å². The standard InChI is InChI=1S/C39H32N3OP/c1-27(28-14-6-3-7-15-28)40-39-34-21-13-12-20-33(34)38(41-42-39)37-35-26-30(43-2)24-22-29(35)23-25-36(37)44(31-16-8-4-9-17-31)32-18-10-5-11-19-32/h3-27H,1-2H3,(H,40,42)/t27-/m1/s1. The molecule has 0 saturated carbocycles. The van der Waals surface area contributed by atoms with Gasteiger partial charge < -0.3 is 10.1 Å². The third-order valence-corrected chi connectivity index (χ3v) is 10.5. The second kappa shape index (κ2) is 12.3. The highest BCUT2D eigenvalue weighted by atomic mass is 31.1. The van der Waals surface area contributed by atoms with Crippen LogP contribution in [0.4, 0.5) is 5.82 Å². The lowest BCUT2D eigenvalue weighted by molar-refractivity contribution is 0.415. The summed E-state index contributed by atoms with van der Waals surface area (Å²) in [6.45, 7) is 2.15. The molecule has 0 aliphatic rings. The highest BCUT2D eigenvalue weighted by Gasteiger charge is 2.25. The number of nitrogens with one attached hydrogen (secondary N) is 1. The molecule has 1 atom stereocenters. The van der Waals surface area contributed by atoms with E-state index in [9.17, 15) is 0 Å². The van der Waals surface area contributed by atoms with Gasteiger partial charge in [0.25, 0.3) is 0 Å². The number of nitrogens with zero attached hydrogens (tertiary/aromatic N) is 2. The zero-order valence-corrected chi connectivity index (χ0v) is 25.6. The molecule has 44 heavy (non-hydrogen) atoms. The smallest absolute Gasteiger partial charge is 0.157 e. The zero-order chi connectivity index (χ0) is 29.9. The Labute approximate surface area is 259 Å². The van der Waals surface area contributed by atoms with Crippen LogP contribution in [-0.4, -0.2) is 17.3 Å². The zero-order valence-electron chi connectivity index (χ0n) is 24.7. The summed E-state index contributed by atoms with van der Waals surface area (Å²) < 4.78 is 5.73. The fraction of sp³-hybridized carbons (Fsp3) is 0.0769. The van der Waals surface area contributed by atoms with Gasteiger partial charge in [0.1, 0.15) is 11.4 Å². The van der Waals surface area contributed by atoms with Gasteiger partial charge in [-0.3, -0.25) is 0 Å². The number of anilines is 1. The lowest BCUT2D eigenvalue weighted by atomic mass is 9.98. The first kappa shape index (κ1) is 27.8. The molecule has 0 unspecified atom stereocenters. The van der Waals surface area contributed by atoms with E-state index in [2.05, 4.69) is 146 Å². The summed E-state index contributed by atoms with van der Waals surface area (Å²) in [6, 6.07) is 51.3. The van der Waals surface area contributed by atoms with Crippen LogP contribution >= 0.6 is 7.92 Å². The minimum Gasteiger partial charge on any atom is -0.497 e. The van der Waals surface area contributed by atoms with Gasteiger partial charge in [-0.25, -0.2) is 0 Å². The Morgan fingerprint density at radius 3 is 1.86 bits per heavy atom. The Kier molecular flexibility index (Phi) is 7.75. The predicted molar refractivity (Wildman–Crippen MR) is 186 cm³/mol. The second-order valence-corrected chi connectivity index (χ2v) is 13.0. The monoisotopic (exact) mass is 589 g/mol. The van der Waals surface area contributed by atoms with Gasteiger partial charge >= 0.3 is 0 Å². The minimum atomic E-state index is -0.909. The highest BCUT2D eigenvalue weighted by Crippen LogP contribution is 2.42. The first-order valence-corrected chi connectivity index (χ1v) is 16.1. The van der Waals surface area contributed by atoms with Crippen molar-refractivity contribution >= 4 is 51.2 Å². The summed E-state index contributed by atoms with van der Waals surface area (Å²) in [4.78, 5) is 0. The van der Waals surface area contributed by atoms with Gasteiger partial charge in [0, 0.05) is 16.3 Å². The lowest BCUT2D eigenvalue weighted by Crippen LogP contribution is -2.22. The molecule has 0 bridgehead atoms. The average Bonchev–Trinajstić information content (AvgIpc) is 3.09. The molecule has 1 N–H and O–H groups in total. The van der Waals surface area contributed by atoms with Crippen LogP contribution in [0.15, 0.2) is 146 Å². The second-order valence-electron chi connectivity index (χ2n) is 10.8. The van der Waals surface area contributed by atoms with Crippen molar-refractivity contribution in [2.75, 3.05) is 12.4 Å². The largest absolute Gasteiger partial charge is 0.497 e. The molecule has 0 aliphatic heterocycles. The van der Waals surface area contributed by atoms with Crippen molar-refractivity contribution in [3.05, 3.63) is 151 Å². The van der Waals surface area contributed by atoms with E-state index < -0.39 is 7.92 Å².